The summed E-state index contributed by atoms with van der Waals surface area (Å²) in [5, 5.41) is 5.06. The highest BCUT2D eigenvalue weighted by Crippen LogP contribution is 2.11. The molecule has 0 radical (unpaired) electrons. The van der Waals surface area contributed by atoms with Gasteiger partial charge in [0.15, 0.2) is 0 Å². The first-order valence-corrected chi connectivity index (χ1v) is 10.3. The zero-order valence-corrected chi connectivity index (χ0v) is 16.6. The number of nitrogens with zero attached hydrogens (tertiary/aromatic N) is 1. The van der Waals surface area contributed by atoms with Crippen molar-refractivity contribution in [3.63, 3.8) is 0 Å². The Morgan fingerprint density at radius 2 is 1.68 bits per heavy atom. The van der Waals surface area contributed by atoms with Gasteiger partial charge in [0.05, 0.1) is 4.90 Å². The van der Waals surface area contributed by atoms with Gasteiger partial charge in [-0.05, 0) is 49.6 Å². The summed E-state index contributed by atoms with van der Waals surface area (Å²) in [7, 11) is -3.53. The molecule has 9 heteroatoms. The third kappa shape index (κ3) is 6.75. The molecular formula is C19H24N4O4S. The van der Waals surface area contributed by atoms with E-state index >= 15 is 0 Å². The Bertz CT molecular complexity index is 897. The highest BCUT2D eigenvalue weighted by molar-refractivity contribution is 7.89. The molecule has 0 fully saturated rings. The summed E-state index contributed by atoms with van der Waals surface area (Å²) >= 11 is 0. The first-order valence-electron chi connectivity index (χ1n) is 8.84. The molecule has 2 amide bonds. The number of hydrogen-bond acceptors (Lipinski definition) is 5. The maximum Gasteiger partial charge on any atom is 0.309 e. The van der Waals surface area contributed by atoms with Gasteiger partial charge in [0.25, 0.3) is 0 Å². The molecule has 0 aliphatic carbocycles. The van der Waals surface area contributed by atoms with E-state index in [1.165, 1.54) is 12.1 Å². The summed E-state index contributed by atoms with van der Waals surface area (Å²) < 4.78 is 26.7. The van der Waals surface area contributed by atoms with Crippen molar-refractivity contribution in [2.45, 2.75) is 37.8 Å². The number of benzene rings is 1. The Morgan fingerprint density at radius 1 is 1.00 bits per heavy atom. The molecule has 0 saturated carbocycles. The fraction of sp³-hybridized carbons (Fsp3) is 0.316. The number of sulfonamides is 1. The lowest BCUT2D eigenvalue weighted by molar-refractivity contribution is -0.139. The second-order valence-corrected chi connectivity index (χ2v) is 8.18. The third-order valence-corrected chi connectivity index (χ3v) is 5.38. The van der Waals surface area contributed by atoms with Gasteiger partial charge in [-0.3, -0.25) is 14.6 Å². The van der Waals surface area contributed by atoms with Crippen molar-refractivity contribution in [1.82, 2.24) is 20.3 Å². The molecule has 1 aromatic carbocycles. The van der Waals surface area contributed by atoms with E-state index < -0.39 is 21.8 Å². The molecule has 0 atom stereocenters. The molecule has 1 heterocycles. The van der Waals surface area contributed by atoms with E-state index in [0.717, 1.165) is 11.1 Å². The Balaban J connectivity index is 1.78. The SMILES string of the molecule is CC(C)NS(=O)(=O)c1ccc(CCNC(=O)C(=O)NCc2cccnc2)cc1. The summed E-state index contributed by atoms with van der Waals surface area (Å²) in [6, 6.07) is 9.75. The Hall–Kier alpha value is -2.78. The topological polar surface area (TPSA) is 117 Å². The van der Waals surface area contributed by atoms with Gasteiger partial charge in [0, 0.05) is 31.5 Å². The zero-order chi connectivity index (χ0) is 20.6. The van der Waals surface area contributed by atoms with Crippen molar-refractivity contribution < 1.29 is 18.0 Å². The van der Waals surface area contributed by atoms with Crippen LogP contribution >= 0.6 is 0 Å². The number of carbonyl (C=O) groups excluding carboxylic acids is 2. The van der Waals surface area contributed by atoms with Crippen LogP contribution in [0.3, 0.4) is 0 Å². The van der Waals surface area contributed by atoms with E-state index in [-0.39, 0.29) is 24.0 Å². The minimum Gasteiger partial charge on any atom is -0.348 e. The Kier molecular flexibility index (Phi) is 7.65. The van der Waals surface area contributed by atoms with Crippen molar-refractivity contribution in [2.24, 2.45) is 0 Å². The molecule has 28 heavy (non-hydrogen) atoms. The molecule has 2 rings (SSSR count). The van der Waals surface area contributed by atoms with Crippen LogP contribution in [0.25, 0.3) is 0 Å². The van der Waals surface area contributed by atoms with E-state index in [1.807, 2.05) is 0 Å². The van der Waals surface area contributed by atoms with Gasteiger partial charge in [-0.15, -0.1) is 0 Å². The van der Waals surface area contributed by atoms with Gasteiger partial charge in [-0.1, -0.05) is 18.2 Å². The van der Waals surface area contributed by atoms with Crippen molar-refractivity contribution in [1.29, 1.82) is 0 Å². The quantitative estimate of drug-likeness (QED) is 0.561. The van der Waals surface area contributed by atoms with Crippen LogP contribution in [0.15, 0.2) is 53.7 Å². The molecule has 8 nitrogen and oxygen atoms in total. The van der Waals surface area contributed by atoms with Crippen LogP contribution in [-0.2, 0) is 32.6 Å². The average Bonchev–Trinajstić information content (AvgIpc) is 2.66. The molecule has 0 unspecified atom stereocenters. The molecule has 0 spiro atoms. The summed E-state index contributed by atoms with van der Waals surface area (Å²) in [6.45, 7) is 3.99. The molecule has 0 aliphatic heterocycles. The number of amides is 2. The van der Waals surface area contributed by atoms with Crippen LogP contribution in [0.5, 0.6) is 0 Å². The predicted molar refractivity (Wildman–Crippen MR) is 105 cm³/mol. The highest BCUT2D eigenvalue weighted by Gasteiger charge is 2.15. The van der Waals surface area contributed by atoms with Crippen molar-refractivity contribution in [3.8, 4) is 0 Å². The first-order chi connectivity index (χ1) is 13.3. The molecule has 3 N–H and O–H groups in total. The van der Waals surface area contributed by atoms with Gasteiger partial charge in [0.1, 0.15) is 0 Å². The molecule has 0 aliphatic rings. The molecule has 150 valence electrons. The number of rotatable bonds is 8. The first kappa shape index (κ1) is 21.5. The van der Waals surface area contributed by atoms with E-state index in [1.54, 1.807) is 50.5 Å². The lowest BCUT2D eigenvalue weighted by Gasteiger charge is -2.10. The number of pyridine rings is 1. The van der Waals surface area contributed by atoms with Crippen molar-refractivity contribution >= 4 is 21.8 Å². The van der Waals surface area contributed by atoms with Crippen LogP contribution in [-0.4, -0.2) is 37.8 Å². The maximum atomic E-state index is 12.1. The monoisotopic (exact) mass is 404 g/mol. The van der Waals surface area contributed by atoms with Crippen LogP contribution in [0.2, 0.25) is 0 Å². The molecule has 0 bridgehead atoms. The van der Waals surface area contributed by atoms with E-state index in [2.05, 4.69) is 20.3 Å². The maximum absolute atomic E-state index is 12.1. The van der Waals surface area contributed by atoms with E-state index in [9.17, 15) is 18.0 Å². The number of carbonyl (C=O) groups is 2. The van der Waals surface area contributed by atoms with Crippen LogP contribution in [0.4, 0.5) is 0 Å². The van der Waals surface area contributed by atoms with Crippen molar-refractivity contribution in [3.05, 3.63) is 59.9 Å². The average molecular weight is 404 g/mol. The minimum absolute atomic E-state index is 0.184. The fourth-order valence-electron chi connectivity index (χ4n) is 2.38. The molecule has 2 aromatic rings. The number of aromatic nitrogens is 1. The van der Waals surface area contributed by atoms with Crippen LogP contribution < -0.4 is 15.4 Å². The summed E-state index contributed by atoms with van der Waals surface area (Å²) in [6.07, 6.45) is 3.71. The van der Waals surface area contributed by atoms with Gasteiger partial charge in [0.2, 0.25) is 10.0 Å². The molecular weight excluding hydrogens is 380 g/mol. The second kappa shape index (κ2) is 9.95. The van der Waals surface area contributed by atoms with Gasteiger partial charge < -0.3 is 10.6 Å². The van der Waals surface area contributed by atoms with Crippen molar-refractivity contribution in [2.75, 3.05) is 6.54 Å². The van der Waals surface area contributed by atoms with Crippen LogP contribution in [0, 0.1) is 0 Å². The molecule has 1 aromatic heterocycles. The second-order valence-electron chi connectivity index (χ2n) is 6.47. The smallest absolute Gasteiger partial charge is 0.309 e. The number of hydrogen-bond donors (Lipinski definition) is 3. The minimum atomic E-state index is -3.53. The summed E-state index contributed by atoms with van der Waals surface area (Å²) in [5.41, 5.74) is 1.64. The third-order valence-electron chi connectivity index (χ3n) is 3.71. The van der Waals surface area contributed by atoms with Gasteiger partial charge in [-0.25, -0.2) is 13.1 Å². The van der Waals surface area contributed by atoms with E-state index in [4.69, 9.17) is 0 Å². The zero-order valence-electron chi connectivity index (χ0n) is 15.8. The van der Waals surface area contributed by atoms with Gasteiger partial charge in [-0.2, -0.15) is 0 Å². The standard InChI is InChI=1S/C19H24N4O4S/c1-14(2)23-28(26,27)17-7-5-15(6-8-17)9-11-21-18(24)19(25)22-13-16-4-3-10-20-12-16/h3-8,10,12,14,23H,9,11,13H2,1-2H3,(H,21,24)(H,22,25). The Labute approximate surface area is 164 Å². The fourth-order valence-corrected chi connectivity index (χ4v) is 3.63. The normalized spacial score (nSPS) is 11.2. The lowest BCUT2D eigenvalue weighted by atomic mass is 10.1. The van der Waals surface area contributed by atoms with Crippen LogP contribution in [0.1, 0.15) is 25.0 Å². The summed E-state index contributed by atoms with van der Waals surface area (Å²) in [5.74, 6) is -1.44. The largest absolute Gasteiger partial charge is 0.348 e. The summed E-state index contributed by atoms with van der Waals surface area (Å²) in [4.78, 5) is 27.7. The van der Waals surface area contributed by atoms with Gasteiger partial charge >= 0.3 is 11.8 Å². The predicted octanol–water partition coefficient (Wildman–Crippen LogP) is 0.743. The lowest BCUT2D eigenvalue weighted by Crippen LogP contribution is -2.40. The number of nitrogens with one attached hydrogen (secondary N) is 3. The molecule has 0 saturated heterocycles. The van der Waals surface area contributed by atoms with E-state index in [0.29, 0.717) is 6.42 Å². The Morgan fingerprint density at radius 3 is 2.29 bits per heavy atom. The highest BCUT2D eigenvalue weighted by atomic mass is 32.2.